The largest absolute Gasteiger partial charge is 0.479 e. The van der Waals surface area contributed by atoms with E-state index in [4.69, 9.17) is 9.84 Å². The van der Waals surface area contributed by atoms with Crippen molar-refractivity contribution in [3.63, 3.8) is 0 Å². The first kappa shape index (κ1) is 14.0. The predicted molar refractivity (Wildman–Crippen MR) is 62.7 cm³/mol. The fourth-order valence-corrected chi connectivity index (χ4v) is 1.98. The Labute approximate surface area is 102 Å². The van der Waals surface area contributed by atoms with E-state index >= 15 is 0 Å². The third-order valence-corrected chi connectivity index (χ3v) is 2.88. The van der Waals surface area contributed by atoms with Crippen molar-refractivity contribution in [3.8, 4) is 0 Å². The molecule has 0 aromatic carbocycles. The second kappa shape index (κ2) is 6.59. The molecule has 17 heavy (non-hydrogen) atoms. The van der Waals surface area contributed by atoms with E-state index in [-0.39, 0.29) is 18.6 Å². The minimum Gasteiger partial charge on any atom is -0.479 e. The van der Waals surface area contributed by atoms with Gasteiger partial charge in [0.25, 0.3) is 0 Å². The van der Waals surface area contributed by atoms with Gasteiger partial charge in [-0.1, -0.05) is 19.8 Å². The van der Waals surface area contributed by atoms with Gasteiger partial charge in [-0.15, -0.1) is 0 Å². The molecule has 1 rings (SSSR count). The summed E-state index contributed by atoms with van der Waals surface area (Å²) in [6.07, 6.45) is 2.40. The highest BCUT2D eigenvalue weighted by Crippen LogP contribution is 2.13. The monoisotopic (exact) mass is 243 g/mol. The van der Waals surface area contributed by atoms with Crippen molar-refractivity contribution in [2.45, 2.75) is 51.7 Å². The van der Waals surface area contributed by atoms with Crippen molar-refractivity contribution in [1.29, 1.82) is 0 Å². The summed E-state index contributed by atoms with van der Waals surface area (Å²) in [6, 6.07) is 0. The van der Waals surface area contributed by atoms with Crippen LogP contribution in [-0.4, -0.2) is 47.2 Å². The van der Waals surface area contributed by atoms with E-state index in [0.717, 1.165) is 19.3 Å². The molecule has 5 heteroatoms. The molecule has 0 bridgehead atoms. The Kier molecular flexibility index (Phi) is 5.41. The van der Waals surface area contributed by atoms with Gasteiger partial charge in [-0.05, 0) is 13.3 Å². The van der Waals surface area contributed by atoms with Gasteiger partial charge in [-0.25, -0.2) is 4.79 Å². The zero-order valence-electron chi connectivity index (χ0n) is 10.5. The molecular weight excluding hydrogens is 222 g/mol. The Balaban J connectivity index is 2.46. The maximum absolute atomic E-state index is 11.9. The Morgan fingerprint density at radius 1 is 1.35 bits per heavy atom. The number of unbranched alkanes of at least 4 members (excludes halogenated alkanes) is 2. The molecule has 0 spiro atoms. The van der Waals surface area contributed by atoms with E-state index in [2.05, 4.69) is 6.92 Å². The predicted octanol–water partition coefficient (Wildman–Crippen LogP) is 1.27. The number of rotatable bonds is 5. The summed E-state index contributed by atoms with van der Waals surface area (Å²) >= 11 is 0. The van der Waals surface area contributed by atoms with E-state index in [0.29, 0.717) is 13.0 Å². The number of ether oxygens (including phenoxy) is 1. The molecule has 0 radical (unpaired) electrons. The maximum atomic E-state index is 11.9. The lowest BCUT2D eigenvalue weighted by Gasteiger charge is -2.35. The molecule has 0 aromatic heterocycles. The summed E-state index contributed by atoms with van der Waals surface area (Å²) in [6.45, 7) is 4.54. The number of carboxylic acids is 1. The fourth-order valence-electron chi connectivity index (χ4n) is 1.98. The quantitative estimate of drug-likeness (QED) is 0.738. The van der Waals surface area contributed by atoms with Gasteiger partial charge in [0.1, 0.15) is 0 Å². The van der Waals surface area contributed by atoms with Crippen LogP contribution in [0.4, 0.5) is 0 Å². The summed E-state index contributed by atoms with van der Waals surface area (Å²) in [5.74, 6) is -0.956. The second-order valence-electron chi connectivity index (χ2n) is 4.53. The highest BCUT2D eigenvalue weighted by molar-refractivity contribution is 5.78. The molecule has 1 saturated heterocycles. The van der Waals surface area contributed by atoms with Gasteiger partial charge in [-0.3, -0.25) is 4.79 Å². The fraction of sp³-hybridized carbons (Fsp3) is 0.833. The number of hydrogen-bond donors (Lipinski definition) is 1. The molecular formula is C12H21NO4. The van der Waals surface area contributed by atoms with Gasteiger partial charge in [0.15, 0.2) is 6.10 Å². The molecule has 0 saturated carbocycles. The molecule has 98 valence electrons. The molecule has 1 aliphatic rings. The SMILES string of the molecule is CCCCCC(=O)N1CC(C(=O)O)O[C@H](C)C1. The van der Waals surface area contributed by atoms with Crippen molar-refractivity contribution < 1.29 is 19.4 Å². The Morgan fingerprint density at radius 2 is 2.06 bits per heavy atom. The van der Waals surface area contributed by atoms with Gasteiger partial charge < -0.3 is 14.7 Å². The van der Waals surface area contributed by atoms with Crippen LogP contribution < -0.4 is 0 Å². The first-order chi connectivity index (χ1) is 8.04. The smallest absolute Gasteiger partial charge is 0.334 e. The van der Waals surface area contributed by atoms with Gasteiger partial charge in [0.05, 0.1) is 12.6 Å². The molecule has 1 aliphatic heterocycles. The molecule has 2 atom stereocenters. The topological polar surface area (TPSA) is 66.8 Å². The zero-order valence-corrected chi connectivity index (χ0v) is 10.5. The number of nitrogens with zero attached hydrogens (tertiary/aromatic N) is 1. The summed E-state index contributed by atoms with van der Waals surface area (Å²) in [4.78, 5) is 24.3. The molecule has 1 fully saturated rings. The number of carbonyl (C=O) groups excluding carboxylic acids is 1. The molecule has 1 heterocycles. The van der Waals surface area contributed by atoms with Crippen LogP contribution in [0, 0.1) is 0 Å². The minimum atomic E-state index is -0.997. The van der Waals surface area contributed by atoms with Gasteiger partial charge in [-0.2, -0.15) is 0 Å². The number of aliphatic carboxylic acids is 1. The number of carboxylic acid groups (broad SMARTS) is 1. The standard InChI is InChI=1S/C12H21NO4/c1-3-4-5-6-11(14)13-7-9(2)17-10(8-13)12(15)16/h9-10H,3-8H2,1-2H3,(H,15,16)/t9-,10?/m1/s1. The van der Waals surface area contributed by atoms with Crippen LogP contribution in [0.5, 0.6) is 0 Å². The van der Waals surface area contributed by atoms with Crippen molar-refractivity contribution >= 4 is 11.9 Å². The van der Waals surface area contributed by atoms with E-state index in [1.54, 1.807) is 11.8 Å². The maximum Gasteiger partial charge on any atom is 0.334 e. The van der Waals surface area contributed by atoms with Gasteiger partial charge >= 0.3 is 5.97 Å². The lowest BCUT2D eigenvalue weighted by molar-refractivity contribution is -0.166. The summed E-state index contributed by atoms with van der Waals surface area (Å²) in [7, 11) is 0. The lowest BCUT2D eigenvalue weighted by atomic mass is 10.1. The van der Waals surface area contributed by atoms with Crippen molar-refractivity contribution in [2.24, 2.45) is 0 Å². The third kappa shape index (κ3) is 4.34. The third-order valence-electron chi connectivity index (χ3n) is 2.88. The number of amides is 1. The van der Waals surface area contributed by atoms with Crippen LogP contribution >= 0.6 is 0 Å². The van der Waals surface area contributed by atoms with E-state index in [1.165, 1.54) is 0 Å². The van der Waals surface area contributed by atoms with Crippen molar-refractivity contribution in [3.05, 3.63) is 0 Å². The molecule has 1 N–H and O–H groups in total. The van der Waals surface area contributed by atoms with E-state index in [9.17, 15) is 9.59 Å². The molecule has 1 amide bonds. The van der Waals surface area contributed by atoms with Gasteiger partial charge in [0, 0.05) is 13.0 Å². The Morgan fingerprint density at radius 3 is 2.65 bits per heavy atom. The number of carbonyl (C=O) groups is 2. The number of morpholine rings is 1. The minimum absolute atomic E-state index is 0.0415. The first-order valence-corrected chi connectivity index (χ1v) is 6.20. The van der Waals surface area contributed by atoms with E-state index in [1.807, 2.05) is 0 Å². The highest BCUT2D eigenvalue weighted by atomic mass is 16.5. The van der Waals surface area contributed by atoms with Crippen LogP contribution in [0.25, 0.3) is 0 Å². The second-order valence-corrected chi connectivity index (χ2v) is 4.53. The van der Waals surface area contributed by atoms with Crippen LogP contribution in [0.1, 0.15) is 39.5 Å². The molecule has 0 aliphatic carbocycles. The van der Waals surface area contributed by atoms with Crippen molar-refractivity contribution in [2.75, 3.05) is 13.1 Å². The summed E-state index contributed by atoms with van der Waals surface area (Å²) < 4.78 is 5.26. The van der Waals surface area contributed by atoms with Gasteiger partial charge in [0.2, 0.25) is 5.91 Å². The Hall–Kier alpha value is -1.10. The normalized spacial score (nSPS) is 24.7. The first-order valence-electron chi connectivity index (χ1n) is 6.20. The highest BCUT2D eigenvalue weighted by Gasteiger charge is 2.32. The average Bonchev–Trinajstić information content (AvgIpc) is 2.28. The van der Waals surface area contributed by atoms with Crippen molar-refractivity contribution in [1.82, 2.24) is 4.90 Å². The van der Waals surface area contributed by atoms with Crippen LogP contribution in [0.3, 0.4) is 0 Å². The Bertz CT molecular complexity index is 280. The molecule has 0 aromatic rings. The van der Waals surface area contributed by atoms with Crippen LogP contribution in [-0.2, 0) is 14.3 Å². The number of hydrogen-bond acceptors (Lipinski definition) is 3. The van der Waals surface area contributed by atoms with Crippen LogP contribution in [0.15, 0.2) is 0 Å². The molecule has 1 unspecified atom stereocenters. The van der Waals surface area contributed by atoms with E-state index < -0.39 is 12.1 Å². The molecule has 5 nitrogen and oxygen atoms in total. The van der Waals surface area contributed by atoms with Crippen LogP contribution in [0.2, 0.25) is 0 Å². The summed E-state index contributed by atoms with van der Waals surface area (Å²) in [5.41, 5.74) is 0. The average molecular weight is 243 g/mol. The summed E-state index contributed by atoms with van der Waals surface area (Å²) in [5, 5.41) is 8.91. The lowest BCUT2D eigenvalue weighted by Crippen LogP contribution is -2.51. The zero-order chi connectivity index (χ0) is 12.8.